The maximum Gasteiger partial charge on any atom is 0.269 e. The minimum absolute atomic E-state index is 0.0596. The van der Waals surface area contributed by atoms with Crippen molar-refractivity contribution in [2.24, 2.45) is 5.34 Å². The standard InChI is InChI=1S/C6H4ClNO2.HNO2/c7-5-1-3-6(4-2-5)8(9)10;2-1-3/h1-4H;(H,2,3). The molecule has 0 heterocycles. The second-order valence-corrected chi connectivity index (χ2v) is 2.25. The van der Waals surface area contributed by atoms with Crippen LogP contribution in [0.2, 0.25) is 5.02 Å². The maximum atomic E-state index is 10.1. The summed E-state index contributed by atoms with van der Waals surface area (Å²) < 4.78 is 0. The highest BCUT2D eigenvalue weighted by atomic mass is 35.5. The molecule has 6 nitrogen and oxygen atoms in total. The van der Waals surface area contributed by atoms with E-state index in [2.05, 4.69) is 0 Å². The fourth-order valence-electron chi connectivity index (χ4n) is 0.563. The Labute approximate surface area is 77.8 Å². The maximum absolute atomic E-state index is 10.1. The SMILES string of the molecule is O=NO.O=[N+]([O-])c1ccc(Cl)cc1. The van der Waals surface area contributed by atoms with Crippen molar-refractivity contribution in [3.05, 3.63) is 44.3 Å². The normalized spacial score (nSPS) is 8.08. The summed E-state index contributed by atoms with van der Waals surface area (Å²) in [6.45, 7) is 0. The van der Waals surface area contributed by atoms with Gasteiger partial charge in [-0.2, -0.15) is 0 Å². The fourth-order valence-corrected chi connectivity index (χ4v) is 0.689. The van der Waals surface area contributed by atoms with E-state index in [1.807, 2.05) is 0 Å². The van der Waals surface area contributed by atoms with Crippen LogP contribution in [0.15, 0.2) is 29.6 Å². The highest BCUT2D eigenvalue weighted by molar-refractivity contribution is 6.30. The van der Waals surface area contributed by atoms with Gasteiger partial charge >= 0.3 is 0 Å². The van der Waals surface area contributed by atoms with Crippen LogP contribution in [0.25, 0.3) is 0 Å². The molecule has 13 heavy (non-hydrogen) atoms. The third-order valence-corrected chi connectivity index (χ3v) is 1.29. The van der Waals surface area contributed by atoms with E-state index in [1.165, 1.54) is 29.6 Å². The van der Waals surface area contributed by atoms with Gasteiger partial charge in [-0.3, -0.25) is 10.1 Å². The first-order valence-electron chi connectivity index (χ1n) is 2.98. The second kappa shape index (κ2) is 5.90. The number of nitro benzene ring substituents is 1. The van der Waals surface area contributed by atoms with Crippen LogP contribution in [0.1, 0.15) is 0 Å². The van der Waals surface area contributed by atoms with E-state index < -0.39 is 4.92 Å². The first-order chi connectivity index (χ1) is 6.11. The summed E-state index contributed by atoms with van der Waals surface area (Å²) in [4.78, 5) is 17.7. The third-order valence-electron chi connectivity index (χ3n) is 1.04. The molecule has 0 aliphatic rings. The second-order valence-electron chi connectivity index (χ2n) is 1.82. The quantitative estimate of drug-likeness (QED) is 0.432. The summed E-state index contributed by atoms with van der Waals surface area (Å²) in [5.41, 5.74) is 0.0596. The van der Waals surface area contributed by atoms with Gasteiger partial charge in [0.2, 0.25) is 0 Å². The molecule has 1 aromatic carbocycles. The zero-order chi connectivity index (χ0) is 10.3. The molecule has 0 aliphatic carbocycles. The molecule has 0 spiro atoms. The van der Waals surface area contributed by atoms with Crippen molar-refractivity contribution in [1.29, 1.82) is 0 Å². The van der Waals surface area contributed by atoms with E-state index in [0.29, 0.717) is 5.02 Å². The van der Waals surface area contributed by atoms with Crippen molar-refractivity contribution < 1.29 is 10.1 Å². The molecule has 70 valence electrons. The molecule has 0 saturated heterocycles. The largest absolute Gasteiger partial charge is 0.379 e. The van der Waals surface area contributed by atoms with Gasteiger partial charge in [-0.05, 0) is 12.1 Å². The van der Waals surface area contributed by atoms with Gasteiger partial charge in [0.15, 0.2) is 5.34 Å². The lowest BCUT2D eigenvalue weighted by Crippen LogP contribution is -1.85. The predicted molar refractivity (Wildman–Crippen MR) is 45.7 cm³/mol. The van der Waals surface area contributed by atoms with Gasteiger partial charge in [-0.15, -0.1) is 4.91 Å². The van der Waals surface area contributed by atoms with Crippen LogP contribution < -0.4 is 0 Å². The van der Waals surface area contributed by atoms with E-state index in [4.69, 9.17) is 21.7 Å². The number of nitrogens with zero attached hydrogens (tertiary/aromatic N) is 2. The number of benzene rings is 1. The van der Waals surface area contributed by atoms with Gasteiger partial charge in [-0.1, -0.05) is 11.6 Å². The summed E-state index contributed by atoms with van der Waals surface area (Å²) in [7, 11) is 0. The summed E-state index contributed by atoms with van der Waals surface area (Å²) in [6.07, 6.45) is 0. The van der Waals surface area contributed by atoms with Crippen molar-refractivity contribution in [2.45, 2.75) is 0 Å². The van der Waals surface area contributed by atoms with Crippen molar-refractivity contribution >= 4 is 17.3 Å². The Morgan fingerprint density at radius 2 is 1.77 bits per heavy atom. The Bertz CT molecular complexity index is 287. The number of hydrogen-bond donors (Lipinski definition) is 1. The molecule has 0 fully saturated rings. The first-order valence-corrected chi connectivity index (χ1v) is 3.36. The molecule has 0 amide bonds. The minimum Gasteiger partial charge on any atom is -0.379 e. The van der Waals surface area contributed by atoms with Gasteiger partial charge in [0.25, 0.3) is 5.69 Å². The van der Waals surface area contributed by atoms with Gasteiger partial charge in [0.05, 0.1) is 4.92 Å². The molecule has 1 rings (SSSR count). The summed E-state index contributed by atoms with van der Waals surface area (Å²) >= 11 is 5.49. The van der Waals surface area contributed by atoms with Crippen molar-refractivity contribution in [2.75, 3.05) is 0 Å². The number of hydrogen-bond acceptors (Lipinski definition) is 4. The fraction of sp³-hybridized carbons (Fsp3) is 0. The average Bonchev–Trinajstić information content (AvgIpc) is 2.06. The monoisotopic (exact) mass is 204 g/mol. The predicted octanol–water partition coefficient (Wildman–Crippen LogP) is 2.39. The van der Waals surface area contributed by atoms with Gasteiger partial charge in [0, 0.05) is 17.2 Å². The minimum atomic E-state index is -0.462. The summed E-state index contributed by atoms with van der Waals surface area (Å²) in [6, 6.07) is 5.70. The molecule has 0 aliphatic heterocycles. The van der Waals surface area contributed by atoms with Crippen molar-refractivity contribution in [3.63, 3.8) is 0 Å². The zero-order valence-electron chi connectivity index (χ0n) is 6.25. The van der Waals surface area contributed by atoms with E-state index in [1.54, 1.807) is 0 Å². The molecule has 0 atom stereocenters. The highest BCUT2D eigenvalue weighted by Gasteiger charge is 2.01. The van der Waals surface area contributed by atoms with Crippen LogP contribution in [-0.2, 0) is 0 Å². The van der Waals surface area contributed by atoms with E-state index in [9.17, 15) is 10.1 Å². The van der Waals surface area contributed by atoms with Crippen LogP contribution in [-0.4, -0.2) is 10.1 Å². The molecule has 0 saturated carbocycles. The molecule has 0 unspecified atom stereocenters. The average molecular weight is 205 g/mol. The lowest BCUT2D eigenvalue weighted by Gasteiger charge is -1.88. The summed E-state index contributed by atoms with van der Waals surface area (Å²) in [5.74, 6) is 0. The number of halogens is 1. The van der Waals surface area contributed by atoms with Crippen LogP contribution in [0.5, 0.6) is 0 Å². The molecule has 0 radical (unpaired) electrons. The van der Waals surface area contributed by atoms with E-state index >= 15 is 0 Å². The zero-order valence-corrected chi connectivity index (χ0v) is 7.01. The van der Waals surface area contributed by atoms with E-state index in [-0.39, 0.29) is 5.69 Å². The number of non-ortho nitro benzene ring substituents is 1. The lowest BCUT2D eigenvalue weighted by molar-refractivity contribution is -0.384. The Hall–Kier alpha value is -1.69. The smallest absolute Gasteiger partial charge is 0.269 e. The Kier molecular flexibility index (Phi) is 5.13. The molecular weight excluding hydrogens is 200 g/mol. The molecule has 1 N–H and O–H groups in total. The molecule has 0 aromatic heterocycles. The topological polar surface area (TPSA) is 92.8 Å². The van der Waals surface area contributed by atoms with Crippen LogP contribution in [0.4, 0.5) is 5.69 Å². The highest BCUT2D eigenvalue weighted by Crippen LogP contribution is 2.14. The Morgan fingerprint density at radius 3 is 2.08 bits per heavy atom. The summed E-state index contributed by atoms with van der Waals surface area (Å²) in [5, 5.41) is 18.5. The van der Waals surface area contributed by atoms with Gasteiger partial charge in [0.1, 0.15) is 0 Å². The Morgan fingerprint density at radius 1 is 1.38 bits per heavy atom. The van der Waals surface area contributed by atoms with Gasteiger partial charge < -0.3 is 5.21 Å². The Balaban J connectivity index is 0.000000424. The van der Waals surface area contributed by atoms with Crippen LogP contribution >= 0.6 is 11.6 Å². The molecule has 0 bridgehead atoms. The van der Waals surface area contributed by atoms with Crippen molar-refractivity contribution in [3.8, 4) is 0 Å². The number of nitro groups is 1. The van der Waals surface area contributed by atoms with Crippen LogP contribution in [0.3, 0.4) is 0 Å². The molecule has 1 aromatic rings. The van der Waals surface area contributed by atoms with Crippen molar-refractivity contribution in [1.82, 2.24) is 0 Å². The lowest BCUT2D eigenvalue weighted by atomic mass is 10.3. The molecule has 7 heteroatoms. The van der Waals surface area contributed by atoms with E-state index in [0.717, 1.165) is 0 Å². The van der Waals surface area contributed by atoms with Crippen LogP contribution in [0, 0.1) is 15.0 Å². The molecular formula is C6H5ClN2O4. The number of rotatable bonds is 1. The third kappa shape index (κ3) is 4.70. The van der Waals surface area contributed by atoms with Gasteiger partial charge in [-0.25, -0.2) is 0 Å². The first kappa shape index (κ1) is 11.3.